The number of amides is 2. The number of aromatic hydroxyl groups is 1. The van der Waals surface area contributed by atoms with Gasteiger partial charge in [0.05, 0.1) is 5.52 Å². The third kappa shape index (κ3) is 3.84. The number of pyridine rings is 1. The maximum absolute atomic E-state index is 12.0. The van der Waals surface area contributed by atoms with Gasteiger partial charge in [0.2, 0.25) is 5.88 Å². The molecule has 2 heterocycles. The van der Waals surface area contributed by atoms with E-state index < -0.39 is 11.8 Å². The SMILES string of the molecule is CC(C)n1c(O)c(N=NC(=O)CNC(=O)c2ccccn2)c2ccccc21. The lowest BCUT2D eigenvalue weighted by Gasteiger charge is -2.10. The Morgan fingerprint density at radius 2 is 1.93 bits per heavy atom. The molecule has 0 saturated carbocycles. The van der Waals surface area contributed by atoms with Crippen LogP contribution in [0.3, 0.4) is 0 Å². The van der Waals surface area contributed by atoms with Gasteiger partial charge in [-0.15, -0.1) is 10.2 Å². The molecule has 0 aliphatic carbocycles. The predicted molar refractivity (Wildman–Crippen MR) is 100 cm³/mol. The van der Waals surface area contributed by atoms with Crippen molar-refractivity contribution >= 4 is 28.4 Å². The molecular formula is C19H19N5O3. The van der Waals surface area contributed by atoms with E-state index in [0.29, 0.717) is 5.39 Å². The average Bonchev–Trinajstić information content (AvgIpc) is 2.96. The van der Waals surface area contributed by atoms with Gasteiger partial charge in [0.25, 0.3) is 11.8 Å². The molecular weight excluding hydrogens is 346 g/mol. The molecule has 8 nitrogen and oxygen atoms in total. The highest BCUT2D eigenvalue weighted by molar-refractivity contribution is 5.96. The summed E-state index contributed by atoms with van der Waals surface area (Å²) in [5.41, 5.74) is 1.23. The minimum absolute atomic E-state index is 0.00668. The maximum atomic E-state index is 12.0. The number of nitrogens with zero attached hydrogens (tertiary/aromatic N) is 4. The summed E-state index contributed by atoms with van der Waals surface area (Å²) in [7, 11) is 0. The second-order valence-corrected chi connectivity index (χ2v) is 6.14. The van der Waals surface area contributed by atoms with E-state index in [4.69, 9.17) is 0 Å². The molecule has 27 heavy (non-hydrogen) atoms. The lowest BCUT2D eigenvalue weighted by atomic mass is 10.2. The highest BCUT2D eigenvalue weighted by atomic mass is 16.3. The van der Waals surface area contributed by atoms with Crippen molar-refractivity contribution in [3.8, 4) is 5.88 Å². The van der Waals surface area contributed by atoms with Crippen LogP contribution in [-0.2, 0) is 4.79 Å². The van der Waals surface area contributed by atoms with E-state index in [9.17, 15) is 14.7 Å². The topological polar surface area (TPSA) is 109 Å². The Hall–Kier alpha value is -3.55. The molecule has 0 spiro atoms. The highest BCUT2D eigenvalue weighted by Gasteiger charge is 2.18. The summed E-state index contributed by atoms with van der Waals surface area (Å²) >= 11 is 0. The van der Waals surface area contributed by atoms with Gasteiger partial charge in [-0.1, -0.05) is 24.3 Å². The van der Waals surface area contributed by atoms with Crippen molar-refractivity contribution < 1.29 is 14.7 Å². The van der Waals surface area contributed by atoms with Crippen LogP contribution in [0.2, 0.25) is 0 Å². The fourth-order valence-electron chi connectivity index (χ4n) is 2.74. The van der Waals surface area contributed by atoms with Crippen LogP contribution in [0, 0.1) is 0 Å². The Morgan fingerprint density at radius 1 is 1.19 bits per heavy atom. The van der Waals surface area contributed by atoms with Crippen LogP contribution in [-0.4, -0.2) is 33.0 Å². The van der Waals surface area contributed by atoms with Crippen LogP contribution >= 0.6 is 0 Å². The lowest BCUT2D eigenvalue weighted by Crippen LogP contribution is -2.29. The molecule has 138 valence electrons. The smallest absolute Gasteiger partial charge is 0.283 e. The zero-order valence-corrected chi connectivity index (χ0v) is 15.0. The fourth-order valence-corrected chi connectivity index (χ4v) is 2.74. The summed E-state index contributed by atoms with van der Waals surface area (Å²) in [6.45, 7) is 3.55. The first-order valence-electron chi connectivity index (χ1n) is 8.44. The van der Waals surface area contributed by atoms with Gasteiger partial charge in [0, 0.05) is 17.6 Å². The third-order valence-corrected chi connectivity index (χ3v) is 3.93. The van der Waals surface area contributed by atoms with E-state index in [1.165, 1.54) is 6.20 Å². The van der Waals surface area contributed by atoms with Gasteiger partial charge in [0.1, 0.15) is 12.2 Å². The molecule has 8 heteroatoms. The Balaban J connectivity index is 1.75. The monoisotopic (exact) mass is 365 g/mol. The second-order valence-electron chi connectivity index (χ2n) is 6.14. The largest absolute Gasteiger partial charge is 0.493 e. The summed E-state index contributed by atoms with van der Waals surface area (Å²) in [6, 6.07) is 12.3. The van der Waals surface area contributed by atoms with E-state index in [1.54, 1.807) is 28.8 Å². The summed E-state index contributed by atoms with van der Waals surface area (Å²) in [4.78, 5) is 27.7. The molecule has 0 bridgehead atoms. The molecule has 3 aromatic rings. The average molecular weight is 365 g/mol. The van der Waals surface area contributed by atoms with E-state index in [0.717, 1.165) is 5.52 Å². The number of para-hydroxylation sites is 1. The van der Waals surface area contributed by atoms with Gasteiger partial charge in [-0.2, -0.15) is 0 Å². The molecule has 0 saturated heterocycles. The molecule has 2 N–H and O–H groups in total. The Labute approximate surface area is 155 Å². The zero-order chi connectivity index (χ0) is 19.4. The third-order valence-electron chi connectivity index (χ3n) is 3.93. The van der Waals surface area contributed by atoms with Gasteiger partial charge in [-0.3, -0.25) is 14.6 Å². The van der Waals surface area contributed by atoms with Gasteiger partial charge < -0.3 is 15.0 Å². The van der Waals surface area contributed by atoms with Crippen LogP contribution in [0.15, 0.2) is 58.9 Å². The van der Waals surface area contributed by atoms with Gasteiger partial charge in [0.15, 0.2) is 5.69 Å². The van der Waals surface area contributed by atoms with Gasteiger partial charge in [-0.05, 0) is 32.0 Å². The minimum atomic E-state index is -0.639. The number of hydrogen-bond donors (Lipinski definition) is 2. The van der Waals surface area contributed by atoms with Crippen LogP contribution in [0.1, 0.15) is 30.4 Å². The number of rotatable bonds is 5. The molecule has 0 aliphatic rings. The number of fused-ring (bicyclic) bond motifs is 1. The van der Waals surface area contributed by atoms with Crippen LogP contribution < -0.4 is 5.32 Å². The van der Waals surface area contributed by atoms with Crippen molar-refractivity contribution in [3.05, 3.63) is 54.4 Å². The number of benzene rings is 1. The summed E-state index contributed by atoms with van der Waals surface area (Å²) in [6.07, 6.45) is 1.49. The van der Waals surface area contributed by atoms with Crippen LogP contribution in [0.25, 0.3) is 10.9 Å². The van der Waals surface area contributed by atoms with Crippen molar-refractivity contribution in [1.82, 2.24) is 14.9 Å². The van der Waals surface area contributed by atoms with E-state index in [2.05, 4.69) is 20.5 Å². The molecule has 2 amide bonds. The summed E-state index contributed by atoms with van der Waals surface area (Å²) in [5.74, 6) is -1.17. The molecule has 0 atom stereocenters. The van der Waals surface area contributed by atoms with Crippen molar-refractivity contribution in [2.75, 3.05) is 6.54 Å². The molecule has 0 unspecified atom stereocenters. The number of nitrogens with one attached hydrogen (secondary N) is 1. The van der Waals surface area contributed by atoms with Crippen molar-refractivity contribution in [2.45, 2.75) is 19.9 Å². The highest BCUT2D eigenvalue weighted by Crippen LogP contribution is 2.40. The number of aromatic nitrogens is 2. The predicted octanol–water partition coefficient (Wildman–Crippen LogP) is 3.36. The number of carbonyl (C=O) groups excluding carboxylic acids is 2. The molecule has 3 rings (SSSR count). The Morgan fingerprint density at radius 3 is 2.63 bits per heavy atom. The van der Waals surface area contributed by atoms with Gasteiger partial charge >= 0.3 is 0 Å². The zero-order valence-electron chi connectivity index (χ0n) is 15.0. The van der Waals surface area contributed by atoms with Crippen LogP contribution in [0.5, 0.6) is 5.88 Å². The Bertz CT molecular complexity index is 1010. The maximum Gasteiger partial charge on any atom is 0.283 e. The lowest BCUT2D eigenvalue weighted by molar-refractivity contribution is -0.117. The number of hydrogen-bond acceptors (Lipinski definition) is 5. The van der Waals surface area contributed by atoms with Crippen molar-refractivity contribution in [2.24, 2.45) is 10.2 Å². The fraction of sp³-hybridized carbons (Fsp3) is 0.211. The molecule has 0 radical (unpaired) electrons. The van der Waals surface area contributed by atoms with E-state index >= 15 is 0 Å². The second kappa shape index (κ2) is 7.77. The normalized spacial score (nSPS) is 11.4. The van der Waals surface area contributed by atoms with E-state index in [-0.39, 0.29) is 29.8 Å². The molecule has 1 aromatic carbocycles. The van der Waals surface area contributed by atoms with Crippen molar-refractivity contribution in [1.29, 1.82) is 0 Å². The Kier molecular flexibility index (Phi) is 5.25. The molecule has 0 aliphatic heterocycles. The summed E-state index contributed by atoms with van der Waals surface area (Å²) < 4.78 is 1.72. The number of carbonyl (C=O) groups is 2. The minimum Gasteiger partial charge on any atom is -0.493 e. The quantitative estimate of drug-likeness (QED) is 0.676. The number of azo groups is 1. The van der Waals surface area contributed by atoms with Crippen LogP contribution in [0.4, 0.5) is 5.69 Å². The van der Waals surface area contributed by atoms with Crippen molar-refractivity contribution in [3.63, 3.8) is 0 Å². The first-order valence-corrected chi connectivity index (χ1v) is 8.44. The molecule has 2 aromatic heterocycles. The first-order chi connectivity index (χ1) is 13.0. The van der Waals surface area contributed by atoms with E-state index in [1.807, 2.05) is 32.0 Å². The standard InChI is InChI=1S/C19H19N5O3/c1-12(2)24-15-9-4-3-7-13(15)17(19(24)27)23-22-16(25)11-21-18(26)14-8-5-6-10-20-14/h3-10,12,27H,11H2,1-2H3,(H,21,26). The first kappa shape index (κ1) is 18.2. The van der Waals surface area contributed by atoms with Gasteiger partial charge in [-0.25, -0.2) is 0 Å². The molecule has 0 fully saturated rings. The summed E-state index contributed by atoms with van der Waals surface area (Å²) in [5, 5.41) is 21.2.